The topological polar surface area (TPSA) is 81.8 Å². The van der Waals surface area contributed by atoms with Crippen LogP contribution >= 0.6 is 0 Å². The summed E-state index contributed by atoms with van der Waals surface area (Å²) in [5.74, 6) is 0. The van der Waals surface area contributed by atoms with Gasteiger partial charge in [0.1, 0.15) is 0 Å². The van der Waals surface area contributed by atoms with Gasteiger partial charge in [0.25, 0.3) is 0 Å². The molecule has 1 rings (SSSR count). The lowest BCUT2D eigenvalue weighted by molar-refractivity contribution is 0.562. The number of rotatable bonds is 0. The van der Waals surface area contributed by atoms with E-state index in [-0.39, 0.29) is 0 Å². The van der Waals surface area contributed by atoms with Crippen LogP contribution in [0.15, 0.2) is 36.4 Å². The van der Waals surface area contributed by atoms with Gasteiger partial charge in [-0.3, -0.25) is 0 Å². The highest BCUT2D eigenvalue weighted by Crippen LogP contribution is 1.79. The van der Waals surface area contributed by atoms with Gasteiger partial charge in [-0.2, -0.15) is 0 Å². The second-order valence-electron chi connectivity index (χ2n) is 1.36. The summed E-state index contributed by atoms with van der Waals surface area (Å²) in [5.41, 5.74) is 0. The molecule has 0 saturated carbocycles. The third-order valence-electron chi connectivity index (χ3n) is 0.667. The summed E-state index contributed by atoms with van der Waals surface area (Å²) in [6.07, 6.45) is 1.50. The fourth-order valence-corrected chi connectivity index (χ4v) is 0.385. The summed E-state index contributed by atoms with van der Waals surface area (Å²) < 4.78 is 0. The lowest BCUT2D eigenvalue weighted by atomic mass is 10.4. The molecule has 0 aromatic heterocycles. The molecular weight excluding hydrogens is 228 g/mol. The molecule has 0 fully saturated rings. The molecule has 4 nitrogen and oxygen atoms in total. The first-order valence-electron chi connectivity index (χ1n) is 5.91. The smallest absolute Gasteiger partial charge is 0.222 e. The van der Waals surface area contributed by atoms with E-state index in [9.17, 15) is 0 Å². The Bertz CT molecular complexity index is 199. The SMILES string of the molecule is CC.CC.CC.N=C=O.N=C=O.c1ccccc1. The van der Waals surface area contributed by atoms with E-state index in [0.29, 0.717) is 0 Å². The van der Waals surface area contributed by atoms with Gasteiger partial charge in [0, 0.05) is 0 Å². The molecule has 0 unspecified atom stereocenters. The maximum Gasteiger partial charge on any atom is 0.231 e. The van der Waals surface area contributed by atoms with Crippen molar-refractivity contribution in [2.75, 3.05) is 0 Å². The van der Waals surface area contributed by atoms with Crippen molar-refractivity contribution in [3.05, 3.63) is 36.4 Å². The molecule has 0 bridgehead atoms. The van der Waals surface area contributed by atoms with Gasteiger partial charge in [0.15, 0.2) is 0 Å². The van der Waals surface area contributed by atoms with Crippen LogP contribution in [0.3, 0.4) is 0 Å². The number of isocyanates is 2. The Kier molecular flexibility index (Phi) is 135. The van der Waals surface area contributed by atoms with Gasteiger partial charge in [-0.05, 0) is 0 Å². The first-order valence-corrected chi connectivity index (χ1v) is 5.91. The van der Waals surface area contributed by atoms with Crippen molar-refractivity contribution < 1.29 is 9.59 Å². The molecular formula is C14H26N2O2. The largest absolute Gasteiger partial charge is 0.231 e. The molecule has 0 amide bonds. The van der Waals surface area contributed by atoms with Crippen molar-refractivity contribution >= 4 is 12.2 Å². The Labute approximate surface area is 111 Å². The fourth-order valence-electron chi connectivity index (χ4n) is 0.385. The summed E-state index contributed by atoms with van der Waals surface area (Å²) in [5, 5.41) is 10.8. The van der Waals surface area contributed by atoms with Crippen LogP contribution in [0.2, 0.25) is 0 Å². The number of nitrogens with one attached hydrogen (secondary N) is 2. The van der Waals surface area contributed by atoms with Gasteiger partial charge < -0.3 is 0 Å². The second kappa shape index (κ2) is 81.9. The van der Waals surface area contributed by atoms with Gasteiger partial charge in [-0.1, -0.05) is 77.9 Å². The van der Waals surface area contributed by atoms with Gasteiger partial charge in [0.05, 0.1) is 0 Å². The molecule has 1 aromatic rings. The monoisotopic (exact) mass is 254 g/mol. The van der Waals surface area contributed by atoms with E-state index in [4.69, 9.17) is 20.4 Å². The molecule has 0 saturated heterocycles. The molecule has 4 heteroatoms. The average molecular weight is 254 g/mol. The summed E-state index contributed by atoms with van der Waals surface area (Å²) in [4.78, 5) is 16.7. The summed E-state index contributed by atoms with van der Waals surface area (Å²) in [7, 11) is 0. The van der Waals surface area contributed by atoms with Crippen LogP contribution in [0, 0.1) is 10.8 Å². The van der Waals surface area contributed by atoms with Gasteiger partial charge in [0.2, 0.25) is 12.2 Å². The van der Waals surface area contributed by atoms with E-state index in [2.05, 4.69) is 0 Å². The average Bonchev–Trinajstić information content (AvgIpc) is 2.49. The third kappa shape index (κ3) is 149. The first-order chi connectivity index (χ1) is 8.83. The Balaban J connectivity index is -0.0000000413. The lowest BCUT2D eigenvalue weighted by Crippen LogP contribution is -1.47. The predicted molar refractivity (Wildman–Crippen MR) is 77.3 cm³/mol. The van der Waals surface area contributed by atoms with Crippen molar-refractivity contribution in [2.45, 2.75) is 41.5 Å². The van der Waals surface area contributed by atoms with Gasteiger partial charge >= 0.3 is 0 Å². The molecule has 0 aliphatic carbocycles. The number of carbonyl (C=O) groups excluding carboxylic acids is 2. The Morgan fingerprint density at radius 3 is 0.667 bits per heavy atom. The Hall–Kier alpha value is -2.02. The number of hydrogen-bond donors (Lipinski definition) is 2. The van der Waals surface area contributed by atoms with Crippen LogP contribution in [-0.2, 0) is 9.59 Å². The molecule has 0 spiro atoms. The minimum Gasteiger partial charge on any atom is -0.222 e. The molecule has 104 valence electrons. The van der Waals surface area contributed by atoms with E-state index < -0.39 is 0 Å². The van der Waals surface area contributed by atoms with Crippen LogP contribution in [-0.4, -0.2) is 12.2 Å². The Morgan fingerprint density at radius 1 is 0.556 bits per heavy atom. The third-order valence-corrected chi connectivity index (χ3v) is 0.667. The van der Waals surface area contributed by atoms with Gasteiger partial charge in [-0.15, -0.1) is 0 Å². The highest BCUT2D eigenvalue weighted by Gasteiger charge is 1.57. The van der Waals surface area contributed by atoms with Crippen LogP contribution in [0.4, 0.5) is 0 Å². The molecule has 0 aliphatic heterocycles. The minimum absolute atomic E-state index is 0.750. The van der Waals surface area contributed by atoms with Crippen molar-refractivity contribution in [1.29, 1.82) is 10.8 Å². The molecule has 2 N–H and O–H groups in total. The predicted octanol–water partition coefficient (Wildman–Crippen LogP) is 4.57. The molecule has 0 radical (unpaired) electrons. The summed E-state index contributed by atoms with van der Waals surface area (Å²) >= 11 is 0. The van der Waals surface area contributed by atoms with E-state index >= 15 is 0 Å². The molecule has 18 heavy (non-hydrogen) atoms. The van der Waals surface area contributed by atoms with Crippen LogP contribution < -0.4 is 0 Å². The quantitative estimate of drug-likeness (QED) is 0.525. The molecule has 0 atom stereocenters. The van der Waals surface area contributed by atoms with Crippen LogP contribution in [0.1, 0.15) is 41.5 Å². The summed E-state index contributed by atoms with van der Waals surface area (Å²) in [6.45, 7) is 12.0. The zero-order valence-electron chi connectivity index (χ0n) is 12.3. The maximum atomic E-state index is 8.35. The highest BCUT2D eigenvalue weighted by atomic mass is 16.1. The van der Waals surface area contributed by atoms with Crippen LogP contribution in [0.5, 0.6) is 0 Å². The van der Waals surface area contributed by atoms with Crippen LogP contribution in [0.25, 0.3) is 0 Å². The van der Waals surface area contributed by atoms with Crippen molar-refractivity contribution in [2.24, 2.45) is 0 Å². The highest BCUT2D eigenvalue weighted by molar-refractivity contribution is 5.26. The standard InChI is InChI=1S/C6H6.3C2H6.2CHNO/c1-2-4-6-5-3-1;3*1-2;2*2-1-3/h1-6H;3*1-2H3;2*2H. The molecule has 0 aliphatic rings. The maximum absolute atomic E-state index is 8.35. The van der Waals surface area contributed by atoms with Crippen molar-refractivity contribution in [3.8, 4) is 0 Å². The number of benzene rings is 1. The fraction of sp³-hybridized carbons (Fsp3) is 0.429. The first kappa shape index (κ1) is 29.7. The van der Waals surface area contributed by atoms with Crippen molar-refractivity contribution in [3.63, 3.8) is 0 Å². The molecule has 1 aromatic carbocycles. The lowest BCUT2D eigenvalue weighted by Gasteiger charge is -1.69. The van der Waals surface area contributed by atoms with E-state index in [0.717, 1.165) is 12.2 Å². The number of hydrogen-bond acceptors (Lipinski definition) is 4. The zero-order valence-corrected chi connectivity index (χ0v) is 12.3. The van der Waals surface area contributed by atoms with Crippen molar-refractivity contribution in [1.82, 2.24) is 0 Å². The molecule has 0 heterocycles. The summed E-state index contributed by atoms with van der Waals surface area (Å²) in [6, 6.07) is 12.0. The Morgan fingerprint density at radius 2 is 0.611 bits per heavy atom. The second-order valence-corrected chi connectivity index (χ2v) is 1.36. The normalized spacial score (nSPS) is 4.56. The van der Waals surface area contributed by atoms with E-state index in [1.807, 2.05) is 77.9 Å². The zero-order chi connectivity index (χ0) is 15.7. The minimum atomic E-state index is 0.750. The van der Waals surface area contributed by atoms with E-state index in [1.165, 1.54) is 0 Å². The van der Waals surface area contributed by atoms with Gasteiger partial charge in [-0.25, -0.2) is 20.4 Å². The van der Waals surface area contributed by atoms with E-state index in [1.54, 1.807) is 0 Å².